The van der Waals surface area contributed by atoms with Gasteiger partial charge in [-0.15, -0.1) is 0 Å². The Morgan fingerprint density at radius 3 is 1.70 bits per heavy atom. The highest BCUT2D eigenvalue weighted by atomic mass is 32.2. The summed E-state index contributed by atoms with van der Waals surface area (Å²) in [4.78, 5) is 22.1. The molecule has 1 fully saturated rings. The molecule has 6 aromatic rings. The van der Waals surface area contributed by atoms with Gasteiger partial charge in [0.05, 0.1) is 48.7 Å². The number of fused-ring (bicyclic) bond motifs is 2. The average Bonchev–Trinajstić information content (AvgIpc) is 3.91. The smallest absolute Gasteiger partial charge is 0.244 e. The van der Waals surface area contributed by atoms with Crippen molar-refractivity contribution >= 4 is 52.6 Å². The second-order valence-corrected chi connectivity index (χ2v) is 22.1. The summed E-state index contributed by atoms with van der Waals surface area (Å²) < 4.78 is 73.3. The van der Waals surface area contributed by atoms with E-state index in [1.807, 2.05) is 27.7 Å². The molecule has 0 radical (unpaired) electrons. The Hall–Kier alpha value is -4.10. The number of aliphatic hydroxyl groups is 2. The zero-order chi connectivity index (χ0) is 44.4. The summed E-state index contributed by atoms with van der Waals surface area (Å²) in [6.45, 7) is 13.5. The van der Waals surface area contributed by atoms with E-state index in [1.165, 1.54) is 56.8 Å². The van der Waals surface area contributed by atoms with Gasteiger partial charge in [0, 0.05) is 24.2 Å². The summed E-state index contributed by atoms with van der Waals surface area (Å²) in [6, 6.07) is 9.67. The Kier molecular flexibility index (Phi) is 12.0. The van der Waals surface area contributed by atoms with Crippen molar-refractivity contribution in [3.05, 3.63) is 57.8 Å². The molecule has 0 spiro atoms. The van der Waals surface area contributed by atoms with Crippen molar-refractivity contribution in [2.45, 2.75) is 101 Å². The minimum atomic E-state index is -4.07. The molecule has 0 unspecified atom stereocenters. The van der Waals surface area contributed by atoms with Crippen LogP contribution in [0, 0.1) is 19.8 Å². The highest BCUT2D eigenvalue weighted by Gasteiger charge is 2.37. The maximum Gasteiger partial charge on any atom is 0.244 e. The Balaban J connectivity index is 0.995. The van der Waals surface area contributed by atoms with Crippen LogP contribution >= 0.6 is 22.7 Å². The lowest BCUT2D eigenvalue weighted by molar-refractivity contribution is -0.395. The normalized spacial score (nSPS) is 16.7. The Bertz CT molecular complexity index is 2830. The first-order valence-corrected chi connectivity index (χ1v) is 23.9. The molecule has 0 amide bonds. The van der Waals surface area contributed by atoms with Gasteiger partial charge in [0.25, 0.3) is 0 Å². The molecule has 0 bridgehead atoms. The molecule has 0 saturated heterocycles. The fourth-order valence-electron chi connectivity index (χ4n) is 6.72. The van der Waals surface area contributed by atoms with Crippen LogP contribution in [-0.2, 0) is 41.0 Å². The van der Waals surface area contributed by atoms with Gasteiger partial charge in [-0.2, -0.15) is 10.2 Å². The maximum absolute atomic E-state index is 13.7. The van der Waals surface area contributed by atoms with E-state index in [4.69, 9.17) is 24.3 Å². The predicted molar refractivity (Wildman–Crippen MR) is 229 cm³/mol. The summed E-state index contributed by atoms with van der Waals surface area (Å²) in [5.41, 5.74) is 0.165. The number of sulfonamides is 2. The summed E-state index contributed by atoms with van der Waals surface area (Å²) >= 11 is 2.57. The number of ether oxygens (including phenoxy) is 2. The molecule has 4 N–H and O–H groups in total. The summed E-state index contributed by atoms with van der Waals surface area (Å²) in [5, 5.41) is 31.0. The van der Waals surface area contributed by atoms with Crippen LogP contribution in [0.15, 0.2) is 46.2 Å². The van der Waals surface area contributed by atoms with Crippen LogP contribution in [0.2, 0.25) is 0 Å². The second kappa shape index (κ2) is 16.2. The van der Waals surface area contributed by atoms with E-state index >= 15 is 0 Å². The van der Waals surface area contributed by atoms with Crippen molar-refractivity contribution in [1.82, 2.24) is 38.6 Å². The molecule has 1 saturated carbocycles. The van der Waals surface area contributed by atoms with Crippen molar-refractivity contribution in [3.63, 3.8) is 0 Å². The van der Waals surface area contributed by atoms with E-state index in [0.717, 1.165) is 0 Å². The number of nitrogens with zero attached hydrogens (tertiary/aromatic N) is 6. The number of hydrogen-bond acceptors (Lipinski definition) is 16. The first kappa shape index (κ1) is 44.9. The summed E-state index contributed by atoms with van der Waals surface area (Å²) in [6.07, 6.45) is 0.819. The third-order valence-electron chi connectivity index (χ3n) is 10.1. The third kappa shape index (κ3) is 9.19. The highest BCUT2D eigenvalue weighted by molar-refractivity contribution is 7.90. The monoisotopic (exact) mass is 918 g/mol. The van der Waals surface area contributed by atoms with Crippen molar-refractivity contribution in [3.8, 4) is 34.0 Å². The van der Waals surface area contributed by atoms with Crippen molar-refractivity contribution in [2.75, 3.05) is 27.3 Å². The van der Waals surface area contributed by atoms with Crippen LogP contribution in [0.1, 0.15) is 75.8 Å². The number of rotatable bonds is 17. The number of imidazole rings is 2. The van der Waals surface area contributed by atoms with Crippen LogP contribution in [0.25, 0.3) is 32.4 Å². The van der Waals surface area contributed by atoms with Gasteiger partial charge >= 0.3 is 0 Å². The third-order valence-corrected chi connectivity index (χ3v) is 15.4. The molecule has 1 aliphatic rings. The number of aryl methyl sites for hydroxylation is 2. The van der Waals surface area contributed by atoms with Gasteiger partial charge in [-0.05, 0) is 111 Å². The highest BCUT2D eigenvalue weighted by Crippen LogP contribution is 2.39. The Labute approximate surface area is 361 Å². The van der Waals surface area contributed by atoms with Crippen molar-refractivity contribution < 1.29 is 46.3 Å². The van der Waals surface area contributed by atoms with Gasteiger partial charge < -0.3 is 19.7 Å². The van der Waals surface area contributed by atoms with Gasteiger partial charge in [0.15, 0.2) is 10.6 Å². The van der Waals surface area contributed by atoms with Crippen LogP contribution in [0.3, 0.4) is 0 Å². The molecule has 4 aromatic heterocycles. The molecule has 2 aromatic carbocycles. The van der Waals surface area contributed by atoms with Crippen molar-refractivity contribution in [2.24, 2.45) is 5.92 Å². The quantitative estimate of drug-likeness (QED) is 0.0691. The number of methoxy groups -OCH3 is 2. The van der Waals surface area contributed by atoms with Gasteiger partial charge in [0.1, 0.15) is 31.9 Å². The average molecular weight is 919 g/mol. The zero-order valence-corrected chi connectivity index (χ0v) is 38.7. The number of aromatic nitrogens is 6. The molecule has 4 heterocycles. The van der Waals surface area contributed by atoms with Crippen LogP contribution in [0.5, 0.6) is 11.5 Å². The molecule has 22 heteroatoms. The topological polar surface area (TPSA) is 230 Å². The van der Waals surface area contributed by atoms with Gasteiger partial charge in [-0.25, -0.2) is 55.1 Å². The van der Waals surface area contributed by atoms with Crippen LogP contribution in [-0.4, -0.2) is 95.3 Å². The second-order valence-electron chi connectivity index (χ2n) is 16.7. The van der Waals surface area contributed by atoms with E-state index in [-0.39, 0.29) is 46.4 Å². The molecule has 0 aliphatic heterocycles. The van der Waals surface area contributed by atoms with Gasteiger partial charge in [0.2, 0.25) is 30.0 Å². The first-order chi connectivity index (χ1) is 28.4. The van der Waals surface area contributed by atoms with Crippen LogP contribution in [0.4, 0.5) is 0 Å². The molecule has 330 valence electrons. The number of benzene rings is 2. The fraction of sp³-hybridized carbons (Fsp3) is 0.487. The SMILES string of the molecule is COc1ccc(-c2c(C)nc3sc(C(C)(C)O)nn23)cc1S(=O)(=O)NCC1CC(OOC(C)(C)c2nn3c(-c4ccc(OC)c(S(=O)(=O)NCC(C)(C)O)c4)c(C)nc3s2)C1. The lowest BCUT2D eigenvalue weighted by Crippen LogP contribution is -2.40. The molecular weight excluding hydrogens is 869 g/mol. The van der Waals surface area contributed by atoms with Crippen LogP contribution < -0.4 is 18.9 Å². The molecule has 0 atom stereocenters. The number of hydrogen-bond donors (Lipinski definition) is 4. The lowest BCUT2D eigenvalue weighted by atomic mass is 9.83. The van der Waals surface area contributed by atoms with Gasteiger partial charge in [-0.1, -0.05) is 22.7 Å². The largest absolute Gasteiger partial charge is 0.495 e. The molecule has 1 aliphatic carbocycles. The molecule has 7 rings (SSSR count). The zero-order valence-electron chi connectivity index (χ0n) is 35.4. The lowest BCUT2D eigenvalue weighted by Gasteiger charge is -2.35. The Morgan fingerprint density at radius 2 is 1.23 bits per heavy atom. The van der Waals surface area contributed by atoms with E-state index < -0.39 is 36.8 Å². The summed E-state index contributed by atoms with van der Waals surface area (Å²) in [5.74, 6) is 0.314. The standard InChI is InChI=1S/C39H50N8O10S4/c1-21-31(46-35(42-21)58-33(44-46)38(5,6)49)24-11-13-27(54-9)29(17-24)60(50,51)40-19-23-15-26(16-23)56-57-39(7,8)34-45-47-32(22(2)43-36(47)59-34)25-12-14-28(55-10)30(18-25)61(52,53)41-20-37(3,4)48/h11-14,17-18,23,26,40-41,48-49H,15-16,19-20H2,1-10H3. The van der Waals surface area contributed by atoms with E-state index in [0.29, 0.717) is 66.7 Å². The van der Waals surface area contributed by atoms with Crippen molar-refractivity contribution in [1.29, 1.82) is 0 Å². The summed E-state index contributed by atoms with van der Waals surface area (Å²) in [7, 11) is -5.28. The predicted octanol–water partition coefficient (Wildman–Crippen LogP) is 5.08. The molecule has 18 nitrogen and oxygen atoms in total. The van der Waals surface area contributed by atoms with E-state index in [1.54, 1.807) is 53.2 Å². The fourth-order valence-corrected chi connectivity index (χ4v) is 11.3. The minimum absolute atomic E-state index is 0.00940. The van der Waals surface area contributed by atoms with Gasteiger partial charge in [-0.3, -0.25) is 0 Å². The molecular formula is C39H50N8O10S4. The minimum Gasteiger partial charge on any atom is -0.495 e. The first-order valence-electron chi connectivity index (χ1n) is 19.3. The number of nitrogens with one attached hydrogen (secondary N) is 2. The Morgan fingerprint density at radius 1 is 0.754 bits per heavy atom. The molecule has 61 heavy (non-hydrogen) atoms. The maximum atomic E-state index is 13.7. The van der Waals surface area contributed by atoms with E-state index in [9.17, 15) is 27.0 Å². The van der Waals surface area contributed by atoms with E-state index in [2.05, 4.69) is 24.5 Å².